The van der Waals surface area contributed by atoms with Gasteiger partial charge in [-0.3, -0.25) is 9.59 Å². The maximum Gasteiger partial charge on any atom is 0.242 e. The third-order valence-electron chi connectivity index (χ3n) is 3.43. The number of ketones is 1. The maximum absolute atomic E-state index is 12.3. The van der Waals surface area contributed by atoms with Gasteiger partial charge in [0.15, 0.2) is 5.69 Å². The van der Waals surface area contributed by atoms with Crippen molar-refractivity contribution in [2.75, 3.05) is 28.2 Å². The highest BCUT2D eigenvalue weighted by atomic mass is 32.2. The summed E-state index contributed by atoms with van der Waals surface area (Å²) in [5, 5.41) is 4.06. The monoisotopic (exact) mass is 376 g/mol. The Labute approximate surface area is 152 Å². The first kappa shape index (κ1) is 19.5. The summed E-state index contributed by atoms with van der Waals surface area (Å²) >= 11 is 0. The number of hydrogen-bond acceptors (Lipinski definition) is 6. The van der Waals surface area contributed by atoms with Gasteiger partial charge in [0, 0.05) is 52.7 Å². The second kappa shape index (κ2) is 7.63. The molecule has 8 nitrogen and oxygen atoms in total. The largest absolute Gasteiger partial charge is 0.383 e. The Kier molecular flexibility index (Phi) is 5.73. The fourth-order valence-corrected chi connectivity index (χ4v) is 2.96. The molecule has 2 aromatic rings. The van der Waals surface area contributed by atoms with Crippen LogP contribution in [0.15, 0.2) is 58.5 Å². The van der Waals surface area contributed by atoms with Crippen LogP contribution in [0, 0.1) is 0 Å². The van der Waals surface area contributed by atoms with Crippen molar-refractivity contribution in [1.29, 1.82) is 0 Å². The van der Waals surface area contributed by atoms with Gasteiger partial charge in [-0.1, -0.05) is 6.07 Å². The van der Waals surface area contributed by atoms with Crippen molar-refractivity contribution in [3.05, 3.63) is 64.7 Å². The highest BCUT2D eigenvalue weighted by Gasteiger charge is 2.18. The van der Waals surface area contributed by atoms with Crippen LogP contribution in [0.2, 0.25) is 0 Å². The van der Waals surface area contributed by atoms with Crippen molar-refractivity contribution in [1.82, 2.24) is 19.0 Å². The molecular formula is C17H20N4O4S. The van der Waals surface area contributed by atoms with E-state index in [4.69, 9.17) is 0 Å². The van der Waals surface area contributed by atoms with E-state index < -0.39 is 21.2 Å². The van der Waals surface area contributed by atoms with Crippen LogP contribution in [0.3, 0.4) is 0 Å². The first-order valence-electron chi connectivity index (χ1n) is 7.65. The van der Waals surface area contributed by atoms with Gasteiger partial charge in [0.1, 0.15) is 0 Å². The van der Waals surface area contributed by atoms with Gasteiger partial charge in [0.25, 0.3) is 0 Å². The Bertz CT molecular complexity index is 1010. The predicted molar refractivity (Wildman–Crippen MR) is 97.9 cm³/mol. The molecular weight excluding hydrogens is 356 g/mol. The summed E-state index contributed by atoms with van der Waals surface area (Å²) in [5.74, 6) is -0.532. The molecule has 0 radical (unpaired) electrons. The van der Waals surface area contributed by atoms with Crippen molar-refractivity contribution >= 4 is 15.8 Å². The second-order valence-electron chi connectivity index (χ2n) is 5.90. The fraction of sp³-hybridized carbons (Fsp3) is 0.235. The van der Waals surface area contributed by atoms with E-state index in [0.29, 0.717) is 5.69 Å². The highest BCUT2D eigenvalue weighted by Crippen LogP contribution is 2.16. The van der Waals surface area contributed by atoms with Crippen LogP contribution < -0.4 is 5.43 Å². The van der Waals surface area contributed by atoms with E-state index in [0.717, 1.165) is 4.31 Å². The van der Waals surface area contributed by atoms with E-state index >= 15 is 0 Å². The maximum atomic E-state index is 12.3. The smallest absolute Gasteiger partial charge is 0.242 e. The van der Waals surface area contributed by atoms with Gasteiger partial charge >= 0.3 is 0 Å². The molecule has 0 N–H and O–H groups in total. The van der Waals surface area contributed by atoms with E-state index in [2.05, 4.69) is 5.10 Å². The molecule has 9 heteroatoms. The van der Waals surface area contributed by atoms with Gasteiger partial charge < -0.3 is 4.90 Å². The minimum atomic E-state index is -3.61. The predicted octanol–water partition coefficient (Wildman–Crippen LogP) is 0.741. The molecule has 0 aliphatic carbocycles. The van der Waals surface area contributed by atoms with Gasteiger partial charge in [0.2, 0.25) is 21.2 Å². The zero-order valence-electron chi connectivity index (χ0n) is 14.9. The third-order valence-corrected chi connectivity index (χ3v) is 5.24. The summed E-state index contributed by atoms with van der Waals surface area (Å²) in [6, 6.07) is 7.32. The number of aromatic nitrogens is 2. The highest BCUT2D eigenvalue weighted by molar-refractivity contribution is 7.89. The number of allylic oxidation sites excluding steroid dienone is 1. The molecule has 2 rings (SSSR count). The Morgan fingerprint density at radius 2 is 1.85 bits per heavy atom. The molecule has 138 valence electrons. The summed E-state index contributed by atoms with van der Waals surface area (Å²) in [6.07, 6.45) is 4.15. The average molecular weight is 376 g/mol. The van der Waals surface area contributed by atoms with Crippen LogP contribution >= 0.6 is 0 Å². The molecule has 0 saturated carbocycles. The Morgan fingerprint density at radius 3 is 2.46 bits per heavy atom. The van der Waals surface area contributed by atoms with Crippen molar-refractivity contribution in [3.63, 3.8) is 0 Å². The molecule has 1 heterocycles. The average Bonchev–Trinajstić information content (AvgIpc) is 2.60. The first-order chi connectivity index (χ1) is 12.1. The van der Waals surface area contributed by atoms with Crippen LogP contribution in [-0.2, 0) is 10.0 Å². The van der Waals surface area contributed by atoms with Crippen molar-refractivity contribution < 1.29 is 13.2 Å². The summed E-state index contributed by atoms with van der Waals surface area (Å²) in [7, 11) is 2.76. The van der Waals surface area contributed by atoms with Gasteiger partial charge in [0.05, 0.1) is 10.6 Å². The molecule has 0 aliphatic heterocycles. The lowest BCUT2D eigenvalue weighted by atomic mass is 10.2. The van der Waals surface area contributed by atoms with E-state index in [9.17, 15) is 18.0 Å². The van der Waals surface area contributed by atoms with Crippen LogP contribution in [0.25, 0.3) is 5.69 Å². The zero-order valence-corrected chi connectivity index (χ0v) is 15.8. The van der Waals surface area contributed by atoms with Crippen LogP contribution in [-0.4, -0.2) is 61.4 Å². The van der Waals surface area contributed by atoms with Crippen molar-refractivity contribution in [2.24, 2.45) is 0 Å². The SMILES string of the molecule is CN(C)/C=C/C(=O)c1nn(-c2cccc(S(=O)(=O)N(C)C)c2)ccc1=O. The Balaban J connectivity index is 2.50. The molecule has 0 unspecified atom stereocenters. The third kappa shape index (κ3) is 4.24. The Morgan fingerprint density at radius 1 is 1.15 bits per heavy atom. The first-order valence-corrected chi connectivity index (χ1v) is 9.09. The lowest BCUT2D eigenvalue weighted by Crippen LogP contribution is -2.23. The van der Waals surface area contributed by atoms with Gasteiger partial charge in [-0.2, -0.15) is 5.10 Å². The van der Waals surface area contributed by atoms with E-state index in [1.54, 1.807) is 31.1 Å². The minimum absolute atomic E-state index is 0.0841. The minimum Gasteiger partial charge on any atom is -0.383 e. The Hall–Kier alpha value is -2.78. The summed E-state index contributed by atoms with van der Waals surface area (Å²) < 4.78 is 26.9. The molecule has 0 amide bonds. The molecule has 0 fully saturated rings. The van der Waals surface area contributed by atoms with Crippen molar-refractivity contribution in [3.8, 4) is 5.69 Å². The van der Waals surface area contributed by atoms with Gasteiger partial charge in [-0.05, 0) is 18.2 Å². The van der Waals surface area contributed by atoms with Crippen LogP contribution in [0.4, 0.5) is 0 Å². The lowest BCUT2D eigenvalue weighted by molar-refractivity contribution is 0.103. The number of carbonyl (C=O) groups excluding carboxylic acids is 1. The quantitative estimate of drug-likeness (QED) is 0.545. The summed E-state index contributed by atoms with van der Waals surface area (Å²) in [4.78, 5) is 25.9. The van der Waals surface area contributed by atoms with Gasteiger partial charge in [-0.15, -0.1) is 0 Å². The number of carbonyl (C=O) groups is 1. The lowest BCUT2D eigenvalue weighted by Gasteiger charge is -2.13. The molecule has 1 aromatic carbocycles. The molecule has 0 spiro atoms. The second-order valence-corrected chi connectivity index (χ2v) is 8.05. The van der Waals surface area contributed by atoms with Crippen LogP contribution in [0.1, 0.15) is 10.5 Å². The molecule has 0 atom stereocenters. The standard InChI is InChI=1S/C17H20N4O4S/c1-19(2)10-8-15(22)17-16(23)9-11-21(18-17)13-6-5-7-14(12-13)26(24,25)20(3)4/h5-12H,1-4H3/b10-8+. The van der Waals surface area contributed by atoms with E-state index in [-0.39, 0.29) is 10.6 Å². The number of benzene rings is 1. The fourth-order valence-electron chi connectivity index (χ4n) is 2.02. The molecule has 0 saturated heterocycles. The number of sulfonamides is 1. The number of nitrogens with zero attached hydrogens (tertiary/aromatic N) is 4. The topological polar surface area (TPSA) is 92.6 Å². The summed E-state index contributed by atoms with van der Waals surface area (Å²) in [5.41, 5.74) is -0.336. The molecule has 0 bridgehead atoms. The van der Waals surface area contributed by atoms with Crippen LogP contribution in [0.5, 0.6) is 0 Å². The molecule has 1 aromatic heterocycles. The van der Waals surface area contributed by atoms with Crippen molar-refractivity contribution in [2.45, 2.75) is 4.90 Å². The molecule has 26 heavy (non-hydrogen) atoms. The van der Waals surface area contributed by atoms with E-state index in [1.165, 1.54) is 55.4 Å². The van der Waals surface area contributed by atoms with E-state index in [1.807, 2.05) is 0 Å². The molecule has 0 aliphatic rings. The van der Waals surface area contributed by atoms with Gasteiger partial charge in [-0.25, -0.2) is 17.4 Å². The zero-order chi connectivity index (χ0) is 19.5. The number of hydrogen-bond donors (Lipinski definition) is 0. The normalized spacial score (nSPS) is 11.9. The summed E-state index contributed by atoms with van der Waals surface area (Å²) in [6.45, 7) is 0. The number of rotatable bonds is 6.